The van der Waals surface area contributed by atoms with Crippen molar-refractivity contribution in [2.45, 2.75) is 13.5 Å². The molecule has 0 saturated heterocycles. The van der Waals surface area contributed by atoms with Crippen molar-refractivity contribution < 1.29 is 9.26 Å². The summed E-state index contributed by atoms with van der Waals surface area (Å²) in [5.74, 6) is 1.23. The second-order valence-corrected chi connectivity index (χ2v) is 4.24. The summed E-state index contributed by atoms with van der Waals surface area (Å²) in [5, 5.41) is 8.10. The van der Waals surface area contributed by atoms with Gasteiger partial charge < -0.3 is 9.26 Å². The van der Waals surface area contributed by atoms with Crippen molar-refractivity contribution in [1.82, 2.24) is 5.16 Å². The Kier molecular flexibility index (Phi) is 3.94. The van der Waals surface area contributed by atoms with Crippen molar-refractivity contribution in [3.05, 3.63) is 45.0 Å². The van der Waals surface area contributed by atoms with Crippen LogP contribution >= 0.6 is 11.6 Å². The molecule has 0 aliphatic heterocycles. The highest BCUT2D eigenvalue weighted by Gasteiger charge is 2.17. The zero-order valence-electron chi connectivity index (χ0n) is 10.4. The number of hydrogen-bond acceptors (Lipinski definition) is 4. The molecule has 2 aromatic rings. The van der Waals surface area contributed by atoms with Crippen LogP contribution in [0.15, 0.2) is 27.8 Å². The molecule has 0 aliphatic rings. The van der Waals surface area contributed by atoms with Gasteiger partial charge in [-0.25, -0.2) is 0 Å². The number of rotatable bonds is 4. The third-order valence-electron chi connectivity index (χ3n) is 2.69. The van der Waals surface area contributed by atoms with E-state index < -0.39 is 0 Å². The number of aryl methyl sites for hydroxylation is 1. The molecule has 0 radical (unpaired) electrons. The van der Waals surface area contributed by atoms with Crippen LogP contribution in [-0.2, 0) is 6.54 Å². The van der Waals surface area contributed by atoms with Crippen molar-refractivity contribution in [3.63, 3.8) is 0 Å². The van der Waals surface area contributed by atoms with Crippen LogP contribution in [0.4, 0.5) is 0 Å². The number of azide groups is 1. The van der Waals surface area contributed by atoms with E-state index in [1.807, 2.05) is 0 Å². The Balaban J connectivity index is 2.58. The van der Waals surface area contributed by atoms with Crippen LogP contribution in [0.1, 0.15) is 11.3 Å². The number of hydrogen-bond donors (Lipinski definition) is 0. The third-order valence-corrected chi connectivity index (χ3v) is 2.93. The van der Waals surface area contributed by atoms with Gasteiger partial charge in [0.15, 0.2) is 0 Å². The van der Waals surface area contributed by atoms with Gasteiger partial charge in [-0.15, -0.1) is 0 Å². The predicted octanol–water partition coefficient (Wildman–Crippen LogP) is 4.12. The molecule has 0 saturated carbocycles. The quantitative estimate of drug-likeness (QED) is 0.479. The van der Waals surface area contributed by atoms with E-state index in [0.717, 1.165) is 5.56 Å². The lowest BCUT2D eigenvalue weighted by Gasteiger charge is -2.07. The predicted molar refractivity (Wildman–Crippen MR) is 71.1 cm³/mol. The topological polar surface area (TPSA) is 84.0 Å². The summed E-state index contributed by atoms with van der Waals surface area (Å²) in [6.07, 6.45) is 0. The summed E-state index contributed by atoms with van der Waals surface area (Å²) < 4.78 is 10.4. The molecule has 7 heteroatoms. The van der Waals surface area contributed by atoms with Crippen molar-refractivity contribution in [3.8, 4) is 17.0 Å². The largest absolute Gasteiger partial charge is 0.496 e. The molecule has 0 amide bonds. The molecule has 1 aromatic heterocycles. The minimum absolute atomic E-state index is 0.164. The number of halogens is 1. The Hall–Kier alpha value is -2.17. The van der Waals surface area contributed by atoms with E-state index in [2.05, 4.69) is 15.2 Å². The van der Waals surface area contributed by atoms with Gasteiger partial charge in [-0.2, -0.15) is 0 Å². The summed E-state index contributed by atoms with van der Waals surface area (Å²) in [5.41, 5.74) is 10.4. The number of aromatic nitrogens is 1. The molecule has 0 unspecified atom stereocenters. The Bertz CT molecular complexity index is 647. The molecule has 0 N–H and O–H groups in total. The van der Waals surface area contributed by atoms with Crippen molar-refractivity contribution in [1.29, 1.82) is 0 Å². The van der Waals surface area contributed by atoms with Crippen molar-refractivity contribution in [2.24, 2.45) is 5.11 Å². The van der Waals surface area contributed by atoms with Crippen LogP contribution < -0.4 is 4.74 Å². The standard InChI is InChI=1S/C12H11ClN4O2/c1-7-10(6-15-17-14)12(16-19-7)9-5-8(13)3-4-11(9)18-2/h3-5H,6H2,1-2H3. The summed E-state index contributed by atoms with van der Waals surface area (Å²) in [7, 11) is 1.56. The highest BCUT2D eigenvalue weighted by atomic mass is 35.5. The van der Waals surface area contributed by atoms with Gasteiger partial charge in [0, 0.05) is 21.1 Å². The monoisotopic (exact) mass is 278 g/mol. The average Bonchev–Trinajstić information content (AvgIpc) is 2.77. The summed E-state index contributed by atoms with van der Waals surface area (Å²) >= 11 is 5.99. The molecule has 6 nitrogen and oxygen atoms in total. The fraction of sp³-hybridized carbons (Fsp3) is 0.250. The summed E-state index contributed by atoms with van der Waals surface area (Å²) in [4.78, 5) is 2.74. The molecular weight excluding hydrogens is 268 g/mol. The lowest BCUT2D eigenvalue weighted by atomic mass is 10.1. The molecule has 0 bridgehead atoms. The normalized spacial score (nSPS) is 10.1. The molecule has 0 spiro atoms. The number of methoxy groups -OCH3 is 1. The first-order chi connectivity index (χ1) is 9.17. The van der Waals surface area contributed by atoms with E-state index in [-0.39, 0.29) is 6.54 Å². The number of nitrogens with zero attached hydrogens (tertiary/aromatic N) is 4. The molecular formula is C12H11ClN4O2. The second-order valence-electron chi connectivity index (χ2n) is 3.80. The van der Waals surface area contributed by atoms with Gasteiger partial charge in [-0.3, -0.25) is 0 Å². The smallest absolute Gasteiger partial charge is 0.137 e. The highest BCUT2D eigenvalue weighted by molar-refractivity contribution is 6.31. The molecule has 1 aromatic carbocycles. The minimum Gasteiger partial charge on any atom is -0.496 e. The highest BCUT2D eigenvalue weighted by Crippen LogP contribution is 2.35. The van der Waals surface area contributed by atoms with Crippen molar-refractivity contribution in [2.75, 3.05) is 7.11 Å². The van der Waals surface area contributed by atoms with Gasteiger partial charge in [0.25, 0.3) is 0 Å². The van der Waals surface area contributed by atoms with Crippen LogP contribution in [-0.4, -0.2) is 12.3 Å². The van der Waals surface area contributed by atoms with Crippen LogP contribution in [0.3, 0.4) is 0 Å². The average molecular weight is 279 g/mol. The Morgan fingerprint density at radius 3 is 3.00 bits per heavy atom. The van der Waals surface area contributed by atoms with E-state index in [9.17, 15) is 0 Å². The Morgan fingerprint density at radius 1 is 1.53 bits per heavy atom. The first-order valence-corrected chi connectivity index (χ1v) is 5.85. The first-order valence-electron chi connectivity index (χ1n) is 5.47. The fourth-order valence-corrected chi connectivity index (χ4v) is 1.93. The minimum atomic E-state index is 0.164. The Morgan fingerprint density at radius 2 is 2.32 bits per heavy atom. The van der Waals surface area contributed by atoms with Crippen molar-refractivity contribution >= 4 is 11.6 Å². The van der Waals surface area contributed by atoms with Gasteiger partial charge in [0.05, 0.1) is 13.7 Å². The number of benzene rings is 1. The molecule has 98 valence electrons. The van der Waals surface area contributed by atoms with Crippen LogP contribution in [0.2, 0.25) is 5.02 Å². The lowest BCUT2D eigenvalue weighted by molar-refractivity contribution is 0.396. The van der Waals surface area contributed by atoms with E-state index in [0.29, 0.717) is 27.8 Å². The van der Waals surface area contributed by atoms with Gasteiger partial charge in [-0.05, 0) is 30.7 Å². The maximum Gasteiger partial charge on any atom is 0.137 e. The fourth-order valence-electron chi connectivity index (χ4n) is 1.76. The molecule has 19 heavy (non-hydrogen) atoms. The SMILES string of the molecule is COc1ccc(Cl)cc1-c1noc(C)c1CN=[N+]=[N-]. The molecule has 2 rings (SSSR count). The third kappa shape index (κ3) is 2.65. The summed E-state index contributed by atoms with van der Waals surface area (Å²) in [6, 6.07) is 5.21. The lowest BCUT2D eigenvalue weighted by Crippen LogP contribution is -1.91. The van der Waals surface area contributed by atoms with Gasteiger partial charge >= 0.3 is 0 Å². The van der Waals surface area contributed by atoms with Gasteiger partial charge in [0.1, 0.15) is 17.2 Å². The van der Waals surface area contributed by atoms with E-state index in [4.69, 9.17) is 26.4 Å². The maximum atomic E-state index is 8.42. The van der Waals surface area contributed by atoms with Gasteiger partial charge in [0.2, 0.25) is 0 Å². The Labute approximate surface area is 114 Å². The molecule has 1 heterocycles. The molecule has 0 fully saturated rings. The van der Waals surface area contributed by atoms with E-state index in [1.54, 1.807) is 32.2 Å². The van der Waals surface area contributed by atoms with Crippen LogP contribution in [0, 0.1) is 6.92 Å². The van der Waals surface area contributed by atoms with Crippen LogP contribution in [0.5, 0.6) is 5.75 Å². The molecule has 0 atom stereocenters. The zero-order valence-corrected chi connectivity index (χ0v) is 11.2. The van der Waals surface area contributed by atoms with E-state index in [1.165, 1.54) is 0 Å². The van der Waals surface area contributed by atoms with Gasteiger partial charge in [-0.1, -0.05) is 21.9 Å². The maximum absolute atomic E-state index is 8.42. The summed E-state index contributed by atoms with van der Waals surface area (Å²) in [6.45, 7) is 1.92. The second kappa shape index (κ2) is 5.65. The zero-order chi connectivity index (χ0) is 13.8. The van der Waals surface area contributed by atoms with Crippen LogP contribution in [0.25, 0.3) is 21.7 Å². The first kappa shape index (κ1) is 13.3. The molecule has 0 aliphatic carbocycles. The van der Waals surface area contributed by atoms with E-state index >= 15 is 0 Å². The number of ether oxygens (including phenoxy) is 1.